The van der Waals surface area contributed by atoms with Crippen molar-refractivity contribution in [1.29, 1.82) is 0 Å². The van der Waals surface area contributed by atoms with Crippen LogP contribution in [0.5, 0.6) is 11.5 Å². The Labute approximate surface area is 374 Å². The molecule has 1 aliphatic heterocycles. The molecule has 0 atom stereocenters. The average Bonchev–Trinajstić information content (AvgIpc) is 3.88. The minimum atomic E-state index is -2.37. The predicted molar refractivity (Wildman–Crippen MR) is 245 cm³/mol. The third-order valence-electron chi connectivity index (χ3n) is 11.1. The van der Waals surface area contributed by atoms with Crippen LogP contribution in [0.1, 0.15) is 9.68 Å². The van der Waals surface area contributed by atoms with Crippen molar-refractivity contribution in [2.45, 2.75) is 6.85 Å². The molecule has 61 heavy (non-hydrogen) atoms. The van der Waals surface area contributed by atoms with Crippen molar-refractivity contribution in [3.8, 4) is 50.7 Å². The number of hydrogen-bond donors (Lipinski definition) is 0. The fourth-order valence-electron chi connectivity index (χ4n) is 8.33. The van der Waals surface area contributed by atoms with Gasteiger partial charge >= 0.3 is 0 Å². The number of ether oxygens (including phenoxy) is 1. The second kappa shape index (κ2) is 16.1. The minimum Gasteiger partial charge on any atom is -0.509 e. The van der Waals surface area contributed by atoms with Gasteiger partial charge in [-0.2, -0.15) is 12.1 Å². The summed E-state index contributed by atoms with van der Waals surface area (Å²) < 4.78 is 34.0. The van der Waals surface area contributed by atoms with E-state index in [2.05, 4.69) is 126 Å². The summed E-state index contributed by atoms with van der Waals surface area (Å²) in [5.41, 5.74) is 11.6. The van der Waals surface area contributed by atoms with E-state index in [0.717, 1.165) is 66.9 Å². The Balaban J connectivity index is 0.00000484. The molecule has 0 amide bonds. The summed E-state index contributed by atoms with van der Waals surface area (Å²) in [6.45, 7) is -0.241. The number of rotatable bonds is 8. The van der Waals surface area contributed by atoms with Crippen molar-refractivity contribution in [1.82, 2.24) is 9.55 Å². The molecule has 0 bridgehead atoms. The molecule has 10 aromatic rings. The second-order valence-corrected chi connectivity index (χ2v) is 14.7. The van der Waals surface area contributed by atoms with Crippen LogP contribution in [-0.4, -0.2) is 9.55 Å². The predicted octanol–water partition coefficient (Wildman–Crippen LogP) is 14.3. The number of aromatic nitrogens is 2. The molecule has 2 aromatic heterocycles. The molecule has 0 N–H and O–H groups in total. The Bertz CT molecular complexity index is 3240. The first-order chi connectivity index (χ1) is 30.9. The van der Waals surface area contributed by atoms with Crippen LogP contribution in [-0.2, 0) is 21.1 Å². The summed E-state index contributed by atoms with van der Waals surface area (Å²) in [5.74, 6) is 1.47. The van der Waals surface area contributed by atoms with Gasteiger partial charge in [-0.3, -0.25) is 0 Å². The summed E-state index contributed by atoms with van der Waals surface area (Å²) in [6, 6.07) is 72.0. The van der Waals surface area contributed by atoms with Gasteiger partial charge in [-0.1, -0.05) is 145 Å². The third-order valence-corrected chi connectivity index (χ3v) is 11.1. The molecule has 11 rings (SSSR count). The van der Waals surface area contributed by atoms with Gasteiger partial charge in [-0.25, -0.2) is 4.98 Å². The van der Waals surface area contributed by atoms with Gasteiger partial charge in [0.25, 0.3) is 0 Å². The van der Waals surface area contributed by atoms with E-state index in [9.17, 15) is 0 Å². The quantitative estimate of drug-likeness (QED) is 0.142. The van der Waals surface area contributed by atoms with E-state index in [4.69, 9.17) is 13.8 Å². The summed E-state index contributed by atoms with van der Waals surface area (Å²) >= 11 is 0. The van der Waals surface area contributed by atoms with Crippen molar-refractivity contribution in [3.63, 3.8) is 0 Å². The molecule has 0 aliphatic carbocycles. The van der Waals surface area contributed by atoms with Crippen LogP contribution < -0.4 is 14.5 Å². The van der Waals surface area contributed by atoms with E-state index >= 15 is 0 Å². The van der Waals surface area contributed by atoms with Crippen molar-refractivity contribution in [2.75, 3.05) is 9.80 Å². The molecule has 296 valence electrons. The Morgan fingerprint density at radius 2 is 1.13 bits per heavy atom. The largest absolute Gasteiger partial charge is 0.509 e. The van der Waals surface area contributed by atoms with Crippen molar-refractivity contribution >= 4 is 44.6 Å². The first kappa shape index (κ1) is 34.6. The molecular weight excluding hydrogens is 928 g/mol. The number of aryl methyl sites for hydroxylation is 1. The van der Waals surface area contributed by atoms with Gasteiger partial charge < -0.3 is 19.1 Å². The first-order valence-corrected chi connectivity index (χ1v) is 19.9. The fourth-order valence-corrected chi connectivity index (χ4v) is 8.33. The summed E-state index contributed by atoms with van der Waals surface area (Å²) in [7, 11) is 0. The standard InChI is InChI=1S/C55H37N4O.Pt/c1-38-33-54(56-36-49(38)41-21-9-4-10-22-41)59-50-28-12-11-25-47(50)48-32-31-44(35-53(48)59)60-43-24-15-23-42(34-43)57-37-58(52-30-14-13-29-51(52)57)55-45(39-17-5-2-6-18-39)26-16-27-46(55)40-19-7-3-8-20-40;/h2-33,36-37H,1H3;/q-3;/i1D3;. The van der Waals surface area contributed by atoms with Gasteiger partial charge in [0.2, 0.25) is 0 Å². The number of pyridine rings is 1. The molecule has 0 saturated heterocycles. The van der Waals surface area contributed by atoms with Gasteiger partial charge in [0.05, 0.1) is 0 Å². The summed E-state index contributed by atoms with van der Waals surface area (Å²) in [4.78, 5) is 9.29. The Hall–Kier alpha value is -7.20. The van der Waals surface area contributed by atoms with Gasteiger partial charge in [-0.05, 0) is 58.8 Å². The molecule has 8 aromatic carbocycles. The third kappa shape index (κ3) is 6.87. The topological polar surface area (TPSA) is 33.5 Å². The van der Waals surface area contributed by atoms with Gasteiger partial charge in [0.1, 0.15) is 5.82 Å². The van der Waals surface area contributed by atoms with Crippen molar-refractivity contribution in [2.24, 2.45) is 0 Å². The molecule has 0 spiro atoms. The normalized spacial score (nSPS) is 13.0. The number of para-hydroxylation sites is 4. The Morgan fingerprint density at radius 3 is 1.82 bits per heavy atom. The minimum absolute atomic E-state index is 0. The molecule has 1 aliphatic rings. The van der Waals surface area contributed by atoms with E-state index in [1.165, 1.54) is 0 Å². The first-order valence-electron chi connectivity index (χ1n) is 21.4. The molecule has 5 nitrogen and oxygen atoms in total. The van der Waals surface area contributed by atoms with Crippen LogP contribution in [0.25, 0.3) is 61.0 Å². The number of benzene rings is 8. The molecule has 0 saturated carbocycles. The maximum absolute atomic E-state index is 8.49. The molecule has 0 fully saturated rings. The zero-order chi connectivity index (χ0) is 42.5. The van der Waals surface area contributed by atoms with Crippen molar-refractivity contribution in [3.05, 3.63) is 225 Å². The number of nitrogens with zero attached hydrogens (tertiary/aromatic N) is 4. The number of anilines is 4. The number of fused-ring (bicyclic) bond motifs is 4. The number of hydrogen-bond acceptors (Lipinski definition) is 4. The fraction of sp³-hybridized carbons (Fsp3) is 0.0182. The molecule has 6 heteroatoms. The van der Waals surface area contributed by atoms with E-state index in [1.807, 2.05) is 95.6 Å². The summed E-state index contributed by atoms with van der Waals surface area (Å²) in [5, 5.41) is 1.93. The maximum Gasteiger partial charge on any atom is 0.135 e. The van der Waals surface area contributed by atoms with E-state index in [1.54, 1.807) is 12.3 Å². The van der Waals surface area contributed by atoms with Crippen molar-refractivity contribution < 1.29 is 29.9 Å². The van der Waals surface area contributed by atoms with E-state index in [0.29, 0.717) is 28.4 Å². The zero-order valence-electron chi connectivity index (χ0n) is 35.6. The Morgan fingerprint density at radius 1 is 0.541 bits per heavy atom. The molecule has 3 heterocycles. The monoisotopic (exact) mass is 967 g/mol. The van der Waals surface area contributed by atoms with Crippen LogP contribution in [0.3, 0.4) is 0 Å². The Kier molecular flexibility index (Phi) is 9.14. The van der Waals surface area contributed by atoms with E-state index < -0.39 is 6.85 Å². The maximum atomic E-state index is 8.49. The van der Waals surface area contributed by atoms with Crippen LogP contribution in [0.2, 0.25) is 0 Å². The molecule has 0 radical (unpaired) electrons. The van der Waals surface area contributed by atoms with Gasteiger partial charge in [0.15, 0.2) is 0 Å². The molecule has 0 unspecified atom stereocenters. The summed E-state index contributed by atoms with van der Waals surface area (Å²) in [6.07, 6.45) is 1.66. The van der Waals surface area contributed by atoms with Gasteiger partial charge in [-0.15, -0.1) is 48.1 Å². The van der Waals surface area contributed by atoms with Crippen LogP contribution >= 0.6 is 0 Å². The van der Waals surface area contributed by atoms with Crippen LogP contribution in [0.15, 0.2) is 200 Å². The van der Waals surface area contributed by atoms with Crippen LogP contribution in [0, 0.1) is 25.7 Å². The zero-order valence-corrected chi connectivity index (χ0v) is 34.9. The van der Waals surface area contributed by atoms with Crippen LogP contribution in [0.4, 0.5) is 22.7 Å². The second-order valence-electron chi connectivity index (χ2n) is 14.7. The smallest absolute Gasteiger partial charge is 0.135 e. The van der Waals surface area contributed by atoms with Gasteiger partial charge in [0, 0.05) is 82.1 Å². The van der Waals surface area contributed by atoms with E-state index in [-0.39, 0.29) is 26.6 Å². The average molecular weight is 968 g/mol. The molecular formula is C55H37N4OPt-3. The SMILES string of the molecule is [2H]C([2H])([2H])c1cc(-n2c3[c-]c(Oc4[c-]c(N5[CH-]N(c6c(-c7ccccc7)cccc6-c6ccccc6)c6ccccc65)ccc4)ccc3c3ccccc32)ncc1-c1ccccc1.[Pt].